The lowest BCUT2D eigenvalue weighted by molar-refractivity contribution is -0.114. The molecule has 1 fully saturated rings. The van der Waals surface area contributed by atoms with Crippen molar-refractivity contribution < 1.29 is 19.1 Å². The molecule has 166 valence electrons. The first-order valence-corrected chi connectivity index (χ1v) is 10.8. The number of methoxy groups -OCH3 is 1. The maximum absolute atomic E-state index is 12.4. The van der Waals surface area contributed by atoms with E-state index in [1.807, 2.05) is 24.3 Å². The molecule has 2 aromatic rings. The van der Waals surface area contributed by atoms with Crippen molar-refractivity contribution in [2.24, 2.45) is 0 Å². The number of ether oxygens (including phenoxy) is 2. The van der Waals surface area contributed by atoms with Crippen LogP contribution in [0.1, 0.15) is 42.5 Å². The second-order valence-electron chi connectivity index (χ2n) is 7.65. The largest absolute Gasteiger partial charge is 0.491 e. The molecule has 2 aromatic carbocycles. The monoisotopic (exact) mass is 425 g/mol. The zero-order chi connectivity index (χ0) is 21.9. The molecular formula is C24H31N3O4. The predicted molar refractivity (Wildman–Crippen MR) is 122 cm³/mol. The SMILES string of the molecule is COCCOc1ccc(NCC(=O)Nc2ccc(C(=O)NC3CCCCC3)cc2)cc1. The van der Waals surface area contributed by atoms with Crippen molar-refractivity contribution in [3.63, 3.8) is 0 Å². The van der Waals surface area contributed by atoms with Crippen LogP contribution in [0.25, 0.3) is 0 Å². The molecular weight excluding hydrogens is 394 g/mol. The molecule has 7 heteroatoms. The summed E-state index contributed by atoms with van der Waals surface area (Å²) in [6.45, 7) is 1.16. The third-order valence-electron chi connectivity index (χ3n) is 5.23. The minimum absolute atomic E-state index is 0.0545. The van der Waals surface area contributed by atoms with E-state index in [1.165, 1.54) is 19.3 Å². The molecule has 0 heterocycles. The van der Waals surface area contributed by atoms with E-state index in [1.54, 1.807) is 31.4 Å². The highest BCUT2D eigenvalue weighted by Crippen LogP contribution is 2.18. The Morgan fingerprint density at radius 2 is 1.58 bits per heavy atom. The van der Waals surface area contributed by atoms with Gasteiger partial charge in [-0.2, -0.15) is 0 Å². The Morgan fingerprint density at radius 3 is 2.26 bits per heavy atom. The standard InChI is InChI=1S/C24H31N3O4/c1-30-15-16-31-22-13-11-19(12-14-22)25-17-23(28)26-21-9-7-18(8-10-21)24(29)27-20-5-3-2-4-6-20/h7-14,20,25H,2-6,15-17H2,1H3,(H,26,28)(H,27,29). The fraction of sp³-hybridized carbons (Fsp3) is 0.417. The molecule has 0 radical (unpaired) electrons. The van der Waals surface area contributed by atoms with Gasteiger partial charge in [-0.05, 0) is 61.4 Å². The summed E-state index contributed by atoms with van der Waals surface area (Å²) in [7, 11) is 1.63. The van der Waals surface area contributed by atoms with Crippen molar-refractivity contribution in [1.29, 1.82) is 0 Å². The topological polar surface area (TPSA) is 88.7 Å². The summed E-state index contributed by atoms with van der Waals surface area (Å²) in [5.74, 6) is 0.528. The van der Waals surface area contributed by atoms with Gasteiger partial charge in [-0.15, -0.1) is 0 Å². The molecule has 0 bridgehead atoms. The van der Waals surface area contributed by atoms with Gasteiger partial charge in [-0.3, -0.25) is 9.59 Å². The summed E-state index contributed by atoms with van der Waals surface area (Å²) < 4.78 is 10.5. The Kier molecular flexibility index (Phi) is 8.72. The molecule has 0 unspecified atom stereocenters. The molecule has 3 N–H and O–H groups in total. The lowest BCUT2D eigenvalue weighted by atomic mass is 9.95. The van der Waals surface area contributed by atoms with Crippen LogP contribution in [0.2, 0.25) is 0 Å². The number of hydrogen-bond donors (Lipinski definition) is 3. The van der Waals surface area contributed by atoms with Gasteiger partial charge in [0.05, 0.1) is 13.2 Å². The third-order valence-corrected chi connectivity index (χ3v) is 5.23. The van der Waals surface area contributed by atoms with Crippen LogP contribution >= 0.6 is 0 Å². The number of hydrogen-bond acceptors (Lipinski definition) is 5. The van der Waals surface area contributed by atoms with Gasteiger partial charge >= 0.3 is 0 Å². The molecule has 0 spiro atoms. The summed E-state index contributed by atoms with van der Waals surface area (Å²) in [6, 6.07) is 14.6. The lowest BCUT2D eigenvalue weighted by Crippen LogP contribution is -2.36. The van der Waals surface area contributed by atoms with Crippen LogP contribution in [0.3, 0.4) is 0 Å². The number of nitrogens with one attached hydrogen (secondary N) is 3. The Hall–Kier alpha value is -3.06. The Balaban J connectivity index is 1.41. The Morgan fingerprint density at radius 1 is 0.903 bits per heavy atom. The van der Waals surface area contributed by atoms with E-state index in [9.17, 15) is 9.59 Å². The van der Waals surface area contributed by atoms with Gasteiger partial charge in [0.15, 0.2) is 0 Å². The van der Waals surface area contributed by atoms with E-state index < -0.39 is 0 Å². The number of rotatable bonds is 10. The first kappa shape index (κ1) is 22.6. The van der Waals surface area contributed by atoms with Crippen LogP contribution in [-0.4, -0.2) is 44.7 Å². The Labute approximate surface area is 183 Å². The molecule has 0 saturated heterocycles. The van der Waals surface area contributed by atoms with Crippen LogP contribution in [0, 0.1) is 0 Å². The molecule has 1 saturated carbocycles. The average molecular weight is 426 g/mol. The number of carbonyl (C=O) groups is 2. The van der Waals surface area contributed by atoms with Gasteiger partial charge < -0.3 is 25.4 Å². The zero-order valence-corrected chi connectivity index (χ0v) is 18.0. The first-order chi connectivity index (χ1) is 15.1. The van der Waals surface area contributed by atoms with Gasteiger partial charge in [0.1, 0.15) is 12.4 Å². The maximum Gasteiger partial charge on any atom is 0.251 e. The summed E-state index contributed by atoms with van der Waals surface area (Å²) in [4.78, 5) is 24.6. The zero-order valence-electron chi connectivity index (χ0n) is 18.0. The summed E-state index contributed by atoms with van der Waals surface area (Å²) in [6.07, 6.45) is 5.71. The van der Waals surface area contributed by atoms with Crippen molar-refractivity contribution in [2.45, 2.75) is 38.1 Å². The highest BCUT2D eigenvalue weighted by molar-refractivity contribution is 5.96. The maximum atomic E-state index is 12.4. The van der Waals surface area contributed by atoms with E-state index >= 15 is 0 Å². The quantitative estimate of drug-likeness (QED) is 0.504. The van der Waals surface area contributed by atoms with Crippen LogP contribution in [0.15, 0.2) is 48.5 Å². The third kappa shape index (κ3) is 7.61. The van der Waals surface area contributed by atoms with Crippen molar-refractivity contribution in [2.75, 3.05) is 37.5 Å². The molecule has 2 amide bonds. The molecule has 31 heavy (non-hydrogen) atoms. The summed E-state index contributed by atoms with van der Waals surface area (Å²) in [5.41, 5.74) is 2.08. The van der Waals surface area contributed by atoms with Gasteiger partial charge in [0, 0.05) is 30.1 Å². The molecule has 1 aliphatic carbocycles. The second kappa shape index (κ2) is 12.0. The second-order valence-corrected chi connectivity index (χ2v) is 7.65. The number of anilines is 2. The number of amides is 2. The summed E-state index contributed by atoms with van der Waals surface area (Å²) in [5, 5.41) is 9.01. The van der Waals surface area contributed by atoms with Crippen LogP contribution in [-0.2, 0) is 9.53 Å². The number of benzene rings is 2. The Bertz CT molecular complexity index is 831. The smallest absolute Gasteiger partial charge is 0.251 e. The lowest BCUT2D eigenvalue weighted by Gasteiger charge is -2.22. The van der Waals surface area contributed by atoms with Crippen LogP contribution in [0.4, 0.5) is 11.4 Å². The minimum atomic E-state index is -0.167. The fourth-order valence-electron chi connectivity index (χ4n) is 3.52. The number of carbonyl (C=O) groups excluding carboxylic acids is 2. The van der Waals surface area contributed by atoms with Crippen LogP contribution in [0.5, 0.6) is 5.75 Å². The highest BCUT2D eigenvalue weighted by atomic mass is 16.5. The molecule has 3 rings (SSSR count). The van der Waals surface area contributed by atoms with E-state index in [0.717, 1.165) is 24.3 Å². The van der Waals surface area contributed by atoms with Crippen molar-refractivity contribution in [3.05, 3.63) is 54.1 Å². The van der Waals surface area contributed by atoms with Gasteiger partial charge in [-0.1, -0.05) is 19.3 Å². The first-order valence-electron chi connectivity index (χ1n) is 10.8. The van der Waals surface area contributed by atoms with E-state index in [-0.39, 0.29) is 24.4 Å². The van der Waals surface area contributed by atoms with Crippen molar-refractivity contribution >= 4 is 23.2 Å². The highest BCUT2D eigenvalue weighted by Gasteiger charge is 2.16. The van der Waals surface area contributed by atoms with Crippen molar-refractivity contribution in [3.8, 4) is 5.75 Å². The normalized spacial score (nSPS) is 14.0. The molecule has 7 nitrogen and oxygen atoms in total. The van der Waals surface area contributed by atoms with Gasteiger partial charge in [-0.25, -0.2) is 0 Å². The van der Waals surface area contributed by atoms with Crippen molar-refractivity contribution in [1.82, 2.24) is 5.32 Å². The molecule has 0 aliphatic heterocycles. The average Bonchev–Trinajstić information content (AvgIpc) is 2.80. The fourth-order valence-corrected chi connectivity index (χ4v) is 3.52. The molecule has 0 atom stereocenters. The van der Waals surface area contributed by atoms with Gasteiger partial charge in [0.2, 0.25) is 5.91 Å². The molecule has 1 aliphatic rings. The van der Waals surface area contributed by atoms with Gasteiger partial charge in [0.25, 0.3) is 5.91 Å². The molecule has 0 aromatic heterocycles. The van der Waals surface area contributed by atoms with E-state index in [4.69, 9.17) is 9.47 Å². The van der Waals surface area contributed by atoms with E-state index in [0.29, 0.717) is 24.5 Å². The minimum Gasteiger partial charge on any atom is -0.491 e. The van der Waals surface area contributed by atoms with Crippen LogP contribution < -0.4 is 20.7 Å². The predicted octanol–water partition coefficient (Wildman–Crippen LogP) is 3.82. The van der Waals surface area contributed by atoms with E-state index in [2.05, 4.69) is 16.0 Å². The summed E-state index contributed by atoms with van der Waals surface area (Å²) >= 11 is 0.